The molecule has 1 saturated heterocycles. The van der Waals surface area contributed by atoms with Crippen LogP contribution in [0, 0.1) is 0 Å². The molecule has 15 nitrogen and oxygen atoms in total. The van der Waals surface area contributed by atoms with Crippen molar-refractivity contribution in [3.63, 3.8) is 0 Å². The maximum Gasteiger partial charge on any atom is 1.00 e. The number of amides is 3. The van der Waals surface area contributed by atoms with Gasteiger partial charge in [0.2, 0.25) is 0 Å². The molecule has 0 saturated carbocycles. The zero-order chi connectivity index (χ0) is 18.1. The van der Waals surface area contributed by atoms with Gasteiger partial charge in [-0.25, -0.2) is 9.69 Å². The second-order valence-corrected chi connectivity index (χ2v) is 6.50. The molecule has 0 bridgehead atoms. The summed E-state index contributed by atoms with van der Waals surface area (Å²) in [5.41, 5.74) is -0.539. The number of hydrogen-bond donors (Lipinski definition) is 1. The van der Waals surface area contributed by atoms with Crippen LogP contribution in [0.2, 0.25) is 0 Å². The van der Waals surface area contributed by atoms with Gasteiger partial charge in [0.1, 0.15) is 6.73 Å². The second-order valence-electron chi connectivity index (χ2n) is 5.35. The Kier molecular flexibility index (Phi) is 30.1. The fourth-order valence-electron chi connectivity index (χ4n) is 2.76. The van der Waals surface area contributed by atoms with Gasteiger partial charge in [0.05, 0.1) is 7.82 Å². The van der Waals surface area contributed by atoms with Crippen molar-refractivity contribution >= 4 is 19.8 Å². The SMILES string of the molecule is O.O.O.O.O.O.O.O=[13C]1[15NH][13C](c2ccccc2)(c2ccccc2)[13C](=O)[15N]1COP(=O)([O-])[O-].[Na+].[Na+]. The Morgan fingerprint density at radius 3 is 1.44 bits per heavy atom. The zero-order valence-electron chi connectivity index (χ0n) is 18.3. The van der Waals surface area contributed by atoms with Crippen LogP contribution >= 0.6 is 7.82 Å². The van der Waals surface area contributed by atoms with Crippen LogP contribution in [-0.4, -0.2) is 61.9 Å². The number of rotatable bonds is 5. The van der Waals surface area contributed by atoms with E-state index < -0.39 is 32.0 Å². The van der Waals surface area contributed by atoms with Crippen LogP contribution in [-0.2, 0) is 19.4 Å². The molecule has 0 unspecified atom stereocenters. The number of nitrogens with zero attached hydrogens (tertiary/aromatic N) is 1. The summed E-state index contributed by atoms with van der Waals surface area (Å²) >= 11 is 0. The van der Waals surface area contributed by atoms with Gasteiger partial charge in [0.15, 0.2) is 5.54 Å². The molecule has 0 aromatic heterocycles. The average Bonchev–Trinajstić information content (AvgIpc) is 2.85. The number of carbonyl (C=O) groups excluding carboxylic acids is 2. The quantitative estimate of drug-likeness (QED) is 0.127. The Bertz CT molecular complexity index is 819. The number of carbonyl (C=O) groups is 2. The molecule has 1 fully saturated rings. The molecule has 0 atom stereocenters. The van der Waals surface area contributed by atoms with Crippen LogP contribution in [0.5, 0.6) is 0 Å². The predicted molar refractivity (Wildman–Crippen MR) is 108 cm³/mol. The zero-order valence-corrected chi connectivity index (χ0v) is 23.2. The minimum Gasteiger partial charge on any atom is -0.790 e. The Balaban J connectivity index is -0.000000162. The number of nitrogens with one attached hydrogen (secondary N) is 1. The van der Waals surface area contributed by atoms with Crippen LogP contribution in [0.1, 0.15) is 11.1 Å². The van der Waals surface area contributed by atoms with Gasteiger partial charge in [0.25, 0.3) is 5.91 Å². The molecule has 1 aliphatic heterocycles. The maximum atomic E-state index is 13.0. The van der Waals surface area contributed by atoms with Crippen molar-refractivity contribution in [2.24, 2.45) is 0 Å². The number of urea groups is 1. The van der Waals surface area contributed by atoms with E-state index in [4.69, 9.17) is 0 Å². The van der Waals surface area contributed by atoms with Crippen LogP contribution in [0.4, 0.5) is 4.79 Å². The number of imide groups is 1. The smallest absolute Gasteiger partial charge is 0.790 e. The third-order valence-electron chi connectivity index (χ3n) is 3.86. The molecule has 3 rings (SSSR count). The molecule has 0 spiro atoms. The molecule has 3 amide bonds. The van der Waals surface area contributed by atoms with E-state index >= 15 is 0 Å². The molecular formula is C16H27N2Na2O13P. The fourth-order valence-corrected chi connectivity index (χ4v) is 3.01. The number of benzene rings is 2. The molecule has 34 heavy (non-hydrogen) atoms. The molecule has 2 aromatic carbocycles. The van der Waals surface area contributed by atoms with Gasteiger partial charge >= 0.3 is 65.1 Å². The molecular weight excluding hydrogens is 510 g/mol. The van der Waals surface area contributed by atoms with E-state index in [9.17, 15) is 23.9 Å². The first-order valence-electron chi connectivity index (χ1n) is 7.26. The largest absolute Gasteiger partial charge is 1.00 e. The van der Waals surface area contributed by atoms with Gasteiger partial charge < -0.3 is 62.5 Å². The van der Waals surface area contributed by atoms with Gasteiger partial charge in [-0.05, 0) is 11.1 Å². The first-order valence-corrected chi connectivity index (χ1v) is 8.72. The standard InChI is InChI=1S/C16H15N2O6P.2Na.7H2O/c19-14-16(12-7-3-1-4-8-12,13-9-5-2-6-10-13)17-15(20)18(14)11-24-25(21,22)23;;;;;;;;;/h1-10H,11H2,(H,17,20)(H2,21,22,23);;;7*1H2/q;2*+1;;;;;;;/p-2/i14+1,15+1,16+1,17+1,18+1;;;;;;;;;. The van der Waals surface area contributed by atoms with E-state index in [0.29, 0.717) is 16.0 Å². The molecule has 1 aliphatic rings. The summed E-state index contributed by atoms with van der Waals surface area (Å²) in [6, 6.07) is 16.2. The Hall–Kier alpha value is -0.790. The third-order valence-corrected chi connectivity index (χ3v) is 4.30. The summed E-state index contributed by atoms with van der Waals surface area (Å²) in [5.74, 6) is -0.733. The Labute approximate surface area is 238 Å². The number of phosphoric acid groups is 1. The van der Waals surface area contributed by atoms with Gasteiger partial charge in [-0.15, -0.1) is 0 Å². The monoisotopic (exact) mass is 537 g/mol. The first kappa shape index (κ1) is 50.2. The summed E-state index contributed by atoms with van der Waals surface area (Å²) < 4.78 is 14.8. The predicted octanol–water partition coefficient (Wildman–Crippen LogP) is -11.5. The van der Waals surface area contributed by atoms with Crippen molar-refractivity contribution in [3.8, 4) is 0 Å². The van der Waals surface area contributed by atoms with E-state index in [1.165, 1.54) is 0 Å². The number of phosphoric ester groups is 1. The summed E-state index contributed by atoms with van der Waals surface area (Å²) in [7, 11) is -5.33. The fraction of sp³-hybridized carbons (Fsp3) is 0.125. The van der Waals surface area contributed by atoms with E-state index in [0.717, 1.165) is 0 Å². The van der Waals surface area contributed by atoms with Crippen LogP contribution in [0.3, 0.4) is 0 Å². The van der Waals surface area contributed by atoms with E-state index in [-0.39, 0.29) is 97.4 Å². The minimum absolute atomic E-state index is 0. The van der Waals surface area contributed by atoms with Crippen LogP contribution < -0.4 is 74.2 Å². The van der Waals surface area contributed by atoms with Crippen LogP contribution in [0.25, 0.3) is 0 Å². The summed E-state index contributed by atoms with van der Waals surface area (Å²) in [6.07, 6.45) is 0. The molecule has 2 aromatic rings. The van der Waals surface area contributed by atoms with Crippen molar-refractivity contribution in [1.82, 2.24) is 10.2 Å². The molecule has 15 N–H and O–H groups in total. The van der Waals surface area contributed by atoms with Crippen molar-refractivity contribution in [2.45, 2.75) is 5.54 Å². The van der Waals surface area contributed by atoms with Gasteiger partial charge in [-0.1, -0.05) is 60.7 Å². The summed E-state index contributed by atoms with van der Waals surface area (Å²) in [6.45, 7) is -0.976. The second kappa shape index (κ2) is 20.4. The topological polar surface area (TPSA) is 342 Å². The third kappa shape index (κ3) is 10.4. The summed E-state index contributed by atoms with van der Waals surface area (Å²) in [4.78, 5) is 47.2. The van der Waals surface area contributed by atoms with Gasteiger partial charge in [0, 0.05) is 0 Å². The summed E-state index contributed by atoms with van der Waals surface area (Å²) in [5, 5.41) is 2.60. The Morgan fingerprint density at radius 2 is 1.12 bits per heavy atom. The van der Waals surface area contributed by atoms with Crippen LogP contribution in [0.15, 0.2) is 60.7 Å². The molecule has 0 radical (unpaired) electrons. The van der Waals surface area contributed by atoms with E-state index in [1.54, 1.807) is 60.7 Å². The van der Waals surface area contributed by atoms with Gasteiger partial charge in [-0.3, -0.25) is 4.79 Å². The molecule has 186 valence electrons. The minimum atomic E-state index is -5.33. The molecule has 18 heteroatoms. The van der Waals surface area contributed by atoms with Crippen molar-refractivity contribution in [3.05, 3.63) is 71.8 Å². The first-order chi connectivity index (χ1) is 11.8. The normalized spacial score (nSPS) is 12.4. The Morgan fingerprint density at radius 1 is 0.765 bits per heavy atom. The van der Waals surface area contributed by atoms with E-state index in [2.05, 4.69) is 9.84 Å². The molecule has 1 heterocycles. The molecule has 0 aliphatic carbocycles. The maximum absolute atomic E-state index is 13.0. The number of hydrogen-bond acceptors (Lipinski definition) is 6. The van der Waals surface area contributed by atoms with Crippen molar-refractivity contribution in [2.75, 3.05) is 6.73 Å². The van der Waals surface area contributed by atoms with E-state index in [1.807, 2.05) is 0 Å². The van der Waals surface area contributed by atoms with Crippen molar-refractivity contribution < 1.29 is 126 Å². The van der Waals surface area contributed by atoms with Crippen molar-refractivity contribution in [1.29, 1.82) is 0 Å². The average molecular weight is 537 g/mol. The van der Waals surface area contributed by atoms with Gasteiger partial charge in [-0.2, -0.15) is 0 Å².